The van der Waals surface area contributed by atoms with Crippen molar-refractivity contribution in [1.82, 2.24) is 15.5 Å². The number of hydrogen-bond acceptors (Lipinski definition) is 7. The van der Waals surface area contributed by atoms with Crippen molar-refractivity contribution in [3.63, 3.8) is 0 Å². The van der Waals surface area contributed by atoms with Gasteiger partial charge in [0.05, 0.1) is 12.0 Å². The maximum absolute atomic E-state index is 12.0. The highest BCUT2D eigenvalue weighted by atomic mass is 32.2. The zero-order valence-electron chi connectivity index (χ0n) is 13.2. The molecule has 2 aromatic heterocycles. The van der Waals surface area contributed by atoms with Crippen LogP contribution in [0.15, 0.2) is 56.7 Å². The van der Waals surface area contributed by atoms with Crippen LogP contribution >= 0.6 is 11.8 Å². The molecule has 0 saturated carbocycles. The lowest BCUT2D eigenvalue weighted by Crippen LogP contribution is -2.18. The first-order valence-electron chi connectivity index (χ1n) is 7.28. The predicted molar refractivity (Wildman–Crippen MR) is 91.2 cm³/mol. The molecule has 0 atom stereocenters. The molecule has 128 valence electrons. The van der Waals surface area contributed by atoms with Gasteiger partial charge in [0, 0.05) is 18.3 Å². The summed E-state index contributed by atoms with van der Waals surface area (Å²) in [6.07, 6.45) is 1.51. The highest BCUT2D eigenvalue weighted by Crippen LogP contribution is 2.23. The first kappa shape index (κ1) is 16.8. The molecule has 9 heteroatoms. The second-order valence-electron chi connectivity index (χ2n) is 4.84. The zero-order chi connectivity index (χ0) is 17.6. The van der Waals surface area contributed by atoms with Gasteiger partial charge in [-0.2, -0.15) is 0 Å². The van der Waals surface area contributed by atoms with Crippen LogP contribution in [0.3, 0.4) is 0 Å². The third-order valence-electron chi connectivity index (χ3n) is 3.12. The Bertz CT molecular complexity index is 859. The number of carbonyl (C=O) groups is 2. The van der Waals surface area contributed by atoms with Crippen LogP contribution in [0.4, 0.5) is 5.69 Å². The number of anilines is 1. The fourth-order valence-corrected chi connectivity index (χ4v) is 2.50. The van der Waals surface area contributed by atoms with E-state index in [-0.39, 0.29) is 28.7 Å². The number of carbonyl (C=O) groups excluding carboxylic acids is 2. The van der Waals surface area contributed by atoms with E-state index in [9.17, 15) is 9.59 Å². The number of aromatic nitrogens is 2. The molecule has 2 N–H and O–H groups in total. The van der Waals surface area contributed by atoms with Gasteiger partial charge in [-0.3, -0.25) is 9.59 Å². The summed E-state index contributed by atoms with van der Waals surface area (Å²) in [5.74, 6) is 0.433. The van der Waals surface area contributed by atoms with Gasteiger partial charge in [-0.05, 0) is 36.4 Å². The van der Waals surface area contributed by atoms with Crippen LogP contribution in [-0.2, 0) is 4.79 Å². The van der Waals surface area contributed by atoms with Crippen LogP contribution in [0.2, 0.25) is 0 Å². The number of rotatable bonds is 6. The summed E-state index contributed by atoms with van der Waals surface area (Å²) in [4.78, 5) is 23.4. The van der Waals surface area contributed by atoms with Crippen LogP contribution < -0.4 is 10.6 Å². The maximum Gasteiger partial charge on any atom is 0.284 e. The number of furan rings is 1. The Balaban J connectivity index is 1.52. The van der Waals surface area contributed by atoms with Crippen LogP contribution in [0.5, 0.6) is 0 Å². The van der Waals surface area contributed by atoms with Gasteiger partial charge in [-0.25, -0.2) is 0 Å². The van der Waals surface area contributed by atoms with Crippen molar-refractivity contribution >= 4 is 29.3 Å². The van der Waals surface area contributed by atoms with Gasteiger partial charge in [0.25, 0.3) is 17.0 Å². The van der Waals surface area contributed by atoms with E-state index in [0.717, 1.165) is 11.8 Å². The fraction of sp³-hybridized carbons (Fsp3) is 0.125. The van der Waals surface area contributed by atoms with Crippen LogP contribution in [0, 0.1) is 0 Å². The van der Waals surface area contributed by atoms with E-state index in [1.807, 2.05) is 0 Å². The van der Waals surface area contributed by atoms with Crippen molar-refractivity contribution in [2.75, 3.05) is 18.1 Å². The van der Waals surface area contributed by atoms with Crippen molar-refractivity contribution in [1.29, 1.82) is 0 Å². The topological polar surface area (TPSA) is 110 Å². The van der Waals surface area contributed by atoms with Crippen molar-refractivity contribution < 1.29 is 18.4 Å². The summed E-state index contributed by atoms with van der Waals surface area (Å²) in [6.45, 7) is 0. The highest BCUT2D eigenvalue weighted by Gasteiger charge is 2.13. The molecule has 0 aliphatic carbocycles. The van der Waals surface area contributed by atoms with Crippen molar-refractivity contribution in [3.8, 4) is 11.7 Å². The molecule has 1 aromatic carbocycles. The SMILES string of the molecule is CNC(=O)c1ccc(NC(=O)CSc2nnc(-c3ccco3)o2)cc1. The average molecular weight is 358 g/mol. The van der Waals surface area contributed by atoms with Gasteiger partial charge in [-0.1, -0.05) is 11.8 Å². The fourth-order valence-electron chi connectivity index (χ4n) is 1.94. The normalized spacial score (nSPS) is 10.4. The molecule has 0 unspecified atom stereocenters. The van der Waals surface area contributed by atoms with E-state index in [4.69, 9.17) is 8.83 Å². The Kier molecular flexibility index (Phi) is 5.14. The van der Waals surface area contributed by atoms with E-state index in [1.165, 1.54) is 6.26 Å². The molecule has 3 aromatic rings. The molecular formula is C16H14N4O4S. The third kappa shape index (κ3) is 4.27. The van der Waals surface area contributed by atoms with Gasteiger partial charge in [0.2, 0.25) is 5.91 Å². The summed E-state index contributed by atoms with van der Waals surface area (Å²) in [5.41, 5.74) is 1.12. The number of benzene rings is 1. The van der Waals surface area contributed by atoms with E-state index < -0.39 is 0 Å². The lowest BCUT2D eigenvalue weighted by Gasteiger charge is -2.05. The Labute approximate surface area is 147 Å². The molecule has 0 radical (unpaired) electrons. The number of nitrogens with zero attached hydrogens (tertiary/aromatic N) is 2. The van der Waals surface area contributed by atoms with Crippen molar-refractivity contribution in [2.45, 2.75) is 5.22 Å². The molecule has 0 saturated heterocycles. The minimum atomic E-state index is -0.226. The molecule has 0 spiro atoms. The van der Waals surface area contributed by atoms with Gasteiger partial charge in [0.15, 0.2) is 5.76 Å². The lowest BCUT2D eigenvalue weighted by atomic mass is 10.2. The molecule has 0 fully saturated rings. The summed E-state index contributed by atoms with van der Waals surface area (Å²) in [5, 5.41) is 13.2. The lowest BCUT2D eigenvalue weighted by molar-refractivity contribution is -0.113. The van der Waals surface area contributed by atoms with Gasteiger partial charge >= 0.3 is 0 Å². The molecule has 0 aliphatic heterocycles. The maximum atomic E-state index is 12.0. The Morgan fingerprint density at radius 2 is 1.96 bits per heavy atom. The third-order valence-corrected chi connectivity index (χ3v) is 3.94. The minimum Gasteiger partial charge on any atom is -0.459 e. The number of hydrogen-bond donors (Lipinski definition) is 2. The molecule has 0 aliphatic rings. The molecule has 0 bridgehead atoms. The predicted octanol–water partition coefficient (Wildman–Crippen LogP) is 2.42. The summed E-state index contributed by atoms with van der Waals surface area (Å²) < 4.78 is 10.6. The molecule has 2 amide bonds. The van der Waals surface area contributed by atoms with Crippen molar-refractivity contribution in [2.24, 2.45) is 0 Å². The van der Waals surface area contributed by atoms with E-state index in [2.05, 4.69) is 20.8 Å². The summed E-state index contributed by atoms with van der Waals surface area (Å²) >= 11 is 1.12. The standard InChI is InChI=1S/C16H14N4O4S/c1-17-14(22)10-4-6-11(7-5-10)18-13(21)9-25-16-20-19-15(24-16)12-3-2-8-23-12/h2-8H,9H2,1H3,(H,17,22)(H,18,21). The Hall–Kier alpha value is -3.07. The first-order chi connectivity index (χ1) is 12.2. The second kappa shape index (κ2) is 7.67. The number of thioether (sulfide) groups is 1. The number of nitrogens with one attached hydrogen (secondary N) is 2. The van der Waals surface area contributed by atoms with E-state index in [0.29, 0.717) is 17.0 Å². The smallest absolute Gasteiger partial charge is 0.284 e. The molecule has 8 nitrogen and oxygen atoms in total. The first-order valence-corrected chi connectivity index (χ1v) is 8.26. The largest absolute Gasteiger partial charge is 0.459 e. The van der Waals surface area contributed by atoms with E-state index >= 15 is 0 Å². The number of amides is 2. The molecule has 2 heterocycles. The highest BCUT2D eigenvalue weighted by molar-refractivity contribution is 7.99. The average Bonchev–Trinajstić information content (AvgIpc) is 3.31. The molecular weight excluding hydrogens is 344 g/mol. The monoisotopic (exact) mass is 358 g/mol. The van der Waals surface area contributed by atoms with Gasteiger partial charge in [-0.15, -0.1) is 10.2 Å². The minimum absolute atomic E-state index is 0.108. The Morgan fingerprint density at radius 1 is 1.16 bits per heavy atom. The van der Waals surface area contributed by atoms with Crippen LogP contribution in [0.25, 0.3) is 11.7 Å². The molecule has 3 rings (SSSR count). The van der Waals surface area contributed by atoms with E-state index in [1.54, 1.807) is 43.4 Å². The van der Waals surface area contributed by atoms with Gasteiger partial charge in [0.1, 0.15) is 0 Å². The van der Waals surface area contributed by atoms with Gasteiger partial charge < -0.3 is 19.5 Å². The quantitative estimate of drug-likeness (QED) is 0.651. The Morgan fingerprint density at radius 3 is 2.64 bits per heavy atom. The summed E-state index contributed by atoms with van der Waals surface area (Å²) in [6, 6.07) is 10.0. The molecule has 25 heavy (non-hydrogen) atoms. The second-order valence-corrected chi connectivity index (χ2v) is 5.77. The van der Waals surface area contributed by atoms with Crippen molar-refractivity contribution in [3.05, 3.63) is 48.2 Å². The van der Waals surface area contributed by atoms with Crippen LogP contribution in [-0.4, -0.2) is 34.8 Å². The zero-order valence-corrected chi connectivity index (χ0v) is 14.0. The summed E-state index contributed by atoms with van der Waals surface area (Å²) in [7, 11) is 1.56. The van der Waals surface area contributed by atoms with Crippen LogP contribution in [0.1, 0.15) is 10.4 Å².